The Morgan fingerprint density at radius 2 is 2.25 bits per heavy atom. The number of halogens is 1. The number of pyridine rings is 1. The maximum absolute atomic E-state index is 12.0. The van der Waals surface area contributed by atoms with Crippen molar-refractivity contribution < 1.29 is 9.53 Å². The number of carbonyl (C=O) groups is 1. The van der Waals surface area contributed by atoms with E-state index in [4.69, 9.17) is 0 Å². The number of carbonyl (C=O) groups excluding carboxylic acids is 1. The summed E-state index contributed by atoms with van der Waals surface area (Å²) in [5, 5.41) is 5.88. The van der Waals surface area contributed by atoms with Gasteiger partial charge in [0.15, 0.2) is 5.52 Å². The van der Waals surface area contributed by atoms with Crippen LogP contribution < -0.4 is 5.56 Å². The first-order valence-electron chi connectivity index (χ1n) is 5.64. The summed E-state index contributed by atoms with van der Waals surface area (Å²) in [5.74, 6) is -0.433. The van der Waals surface area contributed by atoms with Crippen LogP contribution in [0.3, 0.4) is 0 Å². The number of H-pyrrole nitrogens is 1. The van der Waals surface area contributed by atoms with E-state index in [1.54, 1.807) is 22.7 Å². The molecule has 1 aromatic carbocycles. The Balaban J connectivity index is 2.35. The molecule has 2 aromatic heterocycles. The van der Waals surface area contributed by atoms with Crippen LogP contribution in [0.5, 0.6) is 0 Å². The Hall–Kier alpha value is -1.47. The summed E-state index contributed by atoms with van der Waals surface area (Å²) in [6.07, 6.45) is 2.27. The van der Waals surface area contributed by atoms with E-state index in [-0.39, 0.29) is 5.56 Å². The number of esters is 1. The smallest absolute Gasteiger partial charge is 0.337 e. The van der Waals surface area contributed by atoms with Gasteiger partial charge in [-0.25, -0.2) is 9.25 Å². The summed E-state index contributed by atoms with van der Waals surface area (Å²) in [4.78, 5) is 26.3. The van der Waals surface area contributed by atoms with Crippen LogP contribution in [-0.4, -0.2) is 27.6 Å². The first kappa shape index (κ1) is 13.5. The number of methoxy groups -OCH3 is 1. The lowest BCUT2D eigenvalue weighted by Gasteiger charge is -2.02. The van der Waals surface area contributed by atoms with Crippen molar-refractivity contribution >= 4 is 56.2 Å². The van der Waals surface area contributed by atoms with Gasteiger partial charge in [-0.1, -0.05) is 6.07 Å². The second-order valence-electron chi connectivity index (χ2n) is 4.13. The molecule has 0 saturated carbocycles. The van der Waals surface area contributed by atoms with E-state index in [0.717, 1.165) is 10.8 Å². The molecular weight excluding hydrogens is 392 g/mol. The summed E-state index contributed by atoms with van der Waals surface area (Å²) in [6, 6.07) is 5.09. The molecule has 0 saturated heterocycles. The molecule has 6 nitrogen and oxygen atoms in total. The fraction of sp³-hybridized carbons (Fsp3) is 0.0833. The molecule has 0 radical (unpaired) electrons. The topological polar surface area (TPSA) is 77.0 Å². The van der Waals surface area contributed by atoms with Crippen molar-refractivity contribution in [1.82, 2.24) is 14.5 Å². The minimum atomic E-state index is -0.433. The van der Waals surface area contributed by atoms with Crippen molar-refractivity contribution in [3.63, 3.8) is 0 Å². The quantitative estimate of drug-likeness (QED) is 0.407. The zero-order valence-electron chi connectivity index (χ0n) is 10.3. The Kier molecular flexibility index (Phi) is 3.47. The summed E-state index contributed by atoms with van der Waals surface area (Å²) in [5.41, 5.74) is 1.15. The van der Waals surface area contributed by atoms with Gasteiger partial charge < -0.3 is 9.72 Å². The van der Waals surface area contributed by atoms with Gasteiger partial charge in [-0.15, -0.1) is 0 Å². The van der Waals surface area contributed by atoms with Crippen molar-refractivity contribution in [2.45, 2.75) is 0 Å². The predicted molar refractivity (Wildman–Crippen MR) is 86.9 cm³/mol. The molecule has 3 rings (SSSR count). The van der Waals surface area contributed by atoms with Crippen LogP contribution in [0.25, 0.3) is 21.8 Å². The van der Waals surface area contributed by atoms with Gasteiger partial charge in [0.25, 0.3) is 5.56 Å². The molecule has 0 aliphatic heterocycles. The van der Waals surface area contributed by atoms with Gasteiger partial charge >= 0.3 is 5.97 Å². The third-order valence-electron chi connectivity index (χ3n) is 2.99. The van der Waals surface area contributed by atoms with Crippen molar-refractivity contribution in [1.29, 1.82) is 0 Å². The number of benzene rings is 1. The van der Waals surface area contributed by atoms with E-state index in [9.17, 15) is 9.59 Å². The summed E-state index contributed by atoms with van der Waals surface area (Å²) >= 11 is 2.20. The van der Waals surface area contributed by atoms with Gasteiger partial charge in [-0.05, 0) is 34.2 Å². The second kappa shape index (κ2) is 5.14. The fourth-order valence-corrected chi connectivity index (χ4v) is 3.15. The van der Waals surface area contributed by atoms with Crippen LogP contribution in [0, 0.1) is 0 Å². The molecule has 0 amide bonds. The van der Waals surface area contributed by atoms with Crippen LogP contribution in [0.4, 0.5) is 0 Å². The molecule has 1 N–H and O–H groups in total. The van der Waals surface area contributed by atoms with Crippen LogP contribution in [0.15, 0.2) is 29.2 Å². The summed E-state index contributed by atoms with van der Waals surface area (Å²) in [7, 11) is 1.32. The average Bonchev–Trinajstić information content (AvgIpc) is 2.91. The van der Waals surface area contributed by atoms with E-state index in [0.29, 0.717) is 23.0 Å². The number of ether oxygens (including phenoxy) is 1. The minimum Gasteiger partial charge on any atom is -0.465 e. The normalized spacial score (nSPS) is 11.7. The molecule has 0 bridgehead atoms. The highest BCUT2D eigenvalue weighted by atomic mass is 127. The third-order valence-corrected chi connectivity index (χ3v) is 4.88. The maximum atomic E-state index is 12.0. The lowest BCUT2D eigenvalue weighted by molar-refractivity contribution is 0.0601. The number of nitrogens with zero attached hydrogens (tertiary/aromatic N) is 2. The van der Waals surface area contributed by atoms with E-state index < -0.39 is 5.97 Å². The average molecular weight is 401 g/mol. The highest BCUT2D eigenvalue weighted by Gasteiger charge is 2.12. The molecule has 0 fully saturated rings. The van der Waals surface area contributed by atoms with Gasteiger partial charge in [-0.2, -0.15) is 5.10 Å². The summed E-state index contributed by atoms with van der Waals surface area (Å²) in [6.45, 7) is 0. The van der Waals surface area contributed by atoms with Crippen molar-refractivity contribution in [3.05, 3.63) is 40.3 Å². The Morgan fingerprint density at radius 3 is 2.95 bits per heavy atom. The zero-order valence-corrected chi connectivity index (χ0v) is 13.5. The van der Waals surface area contributed by atoms with Gasteiger partial charge in [0.2, 0.25) is 0 Å². The molecule has 1 atom stereocenters. The maximum Gasteiger partial charge on any atom is 0.337 e. The zero-order chi connectivity index (χ0) is 14.3. The molecule has 0 aliphatic carbocycles. The number of hydrogen-bond acceptors (Lipinski definition) is 4. The highest BCUT2D eigenvalue weighted by molar-refractivity contribution is 14.2. The molecular formula is C12H9IN3O3P. The van der Waals surface area contributed by atoms with Crippen molar-refractivity contribution in [3.8, 4) is 0 Å². The Morgan fingerprint density at radius 1 is 1.45 bits per heavy atom. The molecule has 8 heteroatoms. The van der Waals surface area contributed by atoms with Crippen LogP contribution in [0.1, 0.15) is 10.4 Å². The van der Waals surface area contributed by atoms with Crippen LogP contribution in [-0.2, 0) is 4.74 Å². The number of hydrogen-bond donors (Lipinski definition) is 1. The Labute approximate surface area is 127 Å². The standard InChI is InChI=1S/C12H9IN3O3P/c1-19-12(18)6-2-3-7-8-5-16(20-13)15-10(8)11(17)14-9(7)4-6/h2-5,20H,1H3,(H,14,17). The SMILES string of the molecule is COC(=O)c1ccc2c(c1)[nH]c(=O)c1nn(PI)cc12. The second-order valence-corrected chi connectivity index (χ2v) is 6.20. The third kappa shape index (κ3) is 2.10. The monoisotopic (exact) mass is 401 g/mol. The first-order chi connectivity index (χ1) is 9.63. The minimum absolute atomic E-state index is 0.261. The molecule has 0 aliphatic rings. The van der Waals surface area contributed by atoms with E-state index in [1.165, 1.54) is 7.11 Å². The number of fused-ring (bicyclic) bond motifs is 3. The van der Waals surface area contributed by atoms with E-state index in [2.05, 4.69) is 36.9 Å². The number of aromatic amines is 1. The molecule has 2 heterocycles. The van der Waals surface area contributed by atoms with Crippen LogP contribution >= 0.6 is 28.4 Å². The van der Waals surface area contributed by atoms with Gasteiger partial charge in [0.05, 0.1) is 19.0 Å². The number of rotatable bonds is 2. The van der Waals surface area contributed by atoms with Crippen molar-refractivity contribution in [2.75, 3.05) is 7.11 Å². The number of aromatic nitrogens is 3. The van der Waals surface area contributed by atoms with Crippen molar-refractivity contribution in [2.24, 2.45) is 0 Å². The van der Waals surface area contributed by atoms with Gasteiger partial charge in [0, 0.05) is 22.5 Å². The highest BCUT2D eigenvalue weighted by Crippen LogP contribution is 2.27. The van der Waals surface area contributed by atoms with Crippen LogP contribution in [0.2, 0.25) is 0 Å². The first-order valence-corrected chi connectivity index (χ1v) is 9.70. The number of nitrogens with one attached hydrogen (secondary N) is 1. The van der Waals surface area contributed by atoms with Gasteiger partial charge in [-0.3, -0.25) is 4.79 Å². The van der Waals surface area contributed by atoms with E-state index in [1.807, 2.05) is 6.20 Å². The Bertz CT molecular complexity index is 887. The molecule has 3 aromatic rings. The molecule has 20 heavy (non-hydrogen) atoms. The lowest BCUT2D eigenvalue weighted by atomic mass is 10.1. The summed E-state index contributed by atoms with van der Waals surface area (Å²) < 4.78 is 6.41. The van der Waals surface area contributed by atoms with Gasteiger partial charge in [0.1, 0.15) is 0 Å². The lowest BCUT2D eigenvalue weighted by Crippen LogP contribution is -2.07. The molecule has 1 unspecified atom stereocenters. The molecule has 102 valence electrons. The largest absolute Gasteiger partial charge is 0.465 e. The fourth-order valence-electron chi connectivity index (χ4n) is 2.09. The molecule has 0 spiro atoms. The predicted octanol–water partition coefficient (Wildman–Crippen LogP) is 2.46. The van der Waals surface area contributed by atoms with E-state index >= 15 is 0 Å².